The second kappa shape index (κ2) is 7.76. The molecule has 7 nitrogen and oxygen atoms in total. The van der Waals surface area contributed by atoms with E-state index >= 15 is 0 Å². The zero-order valence-corrected chi connectivity index (χ0v) is 14.2. The zero-order valence-electron chi connectivity index (χ0n) is 13.5. The molecule has 1 atom stereocenters. The first kappa shape index (κ1) is 18.4. The van der Waals surface area contributed by atoms with Crippen molar-refractivity contribution in [3.63, 3.8) is 0 Å². The standard InChI is InChI=1S/C17H15ClN2O5/c1-10(11-3-5-14(18)6-4-11)19-16(21)12-7-13(17(22)25-2)9-15(8-12)20(23)24/h3-10H,1-2H3,(H,19,21)/t10-/m0/s1. The molecule has 0 aliphatic carbocycles. The third kappa shape index (κ3) is 4.54. The van der Waals surface area contributed by atoms with Gasteiger partial charge in [0.05, 0.1) is 23.6 Å². The Balaban J connectivity index is 2.28. The van der Waals surface area contributed by atoms with E-state index in [0.29, 0.717) is 5.02 Å². The van der Waals surface area contributed by atoms with Crippen molar-refractivity contribution < 1.29 is 19.2 Å². The molecule has 0 saturated carbocycles. The molecule has 0 aliphatic heterocycles. The number of nitrogens with one attached hydrogen (secondary N) is 1. The summed E-state index contributed by atoms with van der Waals surface area (Å²) in [5.41, 5.74) is 0.375. The lowest BCUT2D eigenvalue weighted by Gasteiger charge is -2.15. The molecule has 1 N–H and O–H groups in total. The Morgan fingerprint density at radius 3 is 2.32 bits per heavy atom. The van der Waals surface area contributed by atoms with E-state index in [1.165, 1.54) is 6.07 Å². The van der Waals surface area contributed by atoms with Gasteiger partial charge in [-0.3, -0.25) is 14.9 Å². The number of carbonyl (C=O) groups excluding carboxylic acids is 2. The van der Waals surface area contributed by atoms with Gasteiger partial charge in [-0.2, -0.15) is 0 Å². The SMILES string of the molecule is COC(=O)c1cc(C(=O)N[C@@H](C)c2ccc(Cl)cc2)cc([N+](=O)[O-])c1. The van der Waals surface area contributed by atoms with Crippen molar-refractivity contribution in [2.75, 3.05) is 7.11 Å². The van der Waals surface area contributed by atoms with Crippen LogP contribution in [0.2, 0.25) is 5.02 Å². The van der Waals surface area contributed by atoms with Crippen LogP contribution in [0.4, 0.5) is 5.69 Å². The maximum atomic E-state index is 12.4. The molecule has 8 heteroatoms. The molecule has 0 heterocycles. The molecule has 2 aromatic rings. The normalized spacial score (nSPS) is 11.5. The Bertz CT molecular complexity index is 820. The molecule has 0 bridgehead atoms. The van der Waals surface area contributed by atoms with Crippen LogP contribution in [0.3, 0.4) is 0 Å². The molecule has 2 rings (SSSR count). The summed E-state index contributed by atoms with van der Waals surface area (Å²) in [6, 6.07) is 9.99. The van der Waals surface area contributed by atoms with Crippen LogP contribution >= 0.6 is 11.6 Å². The molecule has 1 amide bonds. The quantitative estimate of drug-likeness (QED) is 0.498. The van der Waals surface area contributed by atoms with Crippen LogP contribution in [0.25, 0.3) is 0 Å². The van der Waals surface area contributed by atoms with E-state index in [1.54, 1.807) is 31.2 Å². The molecule has 0 spiro atoms. The van der Waals surface area contributed by atoms with E-state index < -0.39 is 16.8 Å². The van der Waals surface area contributed by atoms with Crippen LogP contribution in [-0.4, -0.2) is 23.9 Å². The second-order valence-electron chi connectivity index (χ2n) is 5.26. The highest BCUT2D eigenvalue weighted by Crippen LogP contribution is 2.20. The van der Waals surface area contributed by atoms with Crippen LogP contribution in [0.1, 0.15) is 39.2 Å². The topological polar surface area (TPSA) is 98.5 Å². The minimum Gasteiger partial charge on any atom is -0.465 e. The molecule has 25 heavy (non-hydrogen) atoms. The Morgan fingerprint density at radius 1 is 1.16 bits per heavy atom. The second-order valence-corrected chi connectivity index (χ2v) is 5.70. The van der Waals surface area contributed by atoms with E-state index in [9.17, 15) is 19.7 Å². The van der Waals surface area contributed by atoms with Crippen LogP contribution < -0.4 is 5.32 Å². The van der Waals surface area contributed by atoms with Crippen molar-refractivity contribution in [2.24, 2.45) is 0 Å². The van der Waals surface area contributed by atoms with Crippen molar-refractivity contribution in [3.8, 4) is 0 Å². The number of benzene rings is 2. The van der Waals surface area contributed by atoms with Crippen molar-refractivity contribution in [2.45, 2.75) is 13.0 Å². The van der Waals surface area contributed by atoms with Crippen molar-refractivity contribution in [1.82, 2.24) is 5.32 Å². The first-order chi connectivity index (χ1) is 11.8. The number of methoxy groups -OCH3 is 1. The Kier molecular flexibility index (Phi) is 5.71. The van der Waals surface area contributed by atoms with E-state index in [1.807, 2.05) is 0 Å². The number of hydrogen-bond donors (Lipinski definition) is 1. The fourth-order valence-corrected chi connectivity index (χ4v) is 2.32. The van der Waals surface area contributed by atoms with Gasteiger partial charge in [-0.25, -0.2) is 4.79 Å². The summed E-state index contributed by atoms with van der Waals surface area (Å²) in [6.45, 7) is 1.76. The van der Waals surface area contributed by atoms with Crippen molar-refractivity contribution >= 4 is 29.2 Å². The van der Waals surface area contributed by atoms with Gasteiger partial charge in [0, 0.05) is 22.7 Å². The predicted molar refractivity (Wildman–Crippen MR) is 91.8 cm³/mol. The minimum atomic E-state index is -0.761. The van der Waals surface area contributed by atoms with Crippen molar-refractivity contribution in [3.05, 3.63) is 74.3 Å². The monoisotopic (exact) mass is 362 g/mol. The number of non-ortho nitro benzene ring substituents is 1. The van der Waals surface area contributed by atoms with Gasteiger partial charge in [0.2, 0.25) is 0 Å². The summed E-state index contributed by atoms with van der Waals surface area (Å²) < 4.78 is 4.56. The summed E-state index contributed by atoms with van der Waals surface area (Å²) >= 11 is 5.83. The Labute approximate surface area is 148 Å². The molecule has 0 saturated heterocycles. The maximum Gasteiger partial charge on any atom is 0.338 e. The highest BCUT2D eigenvalue weighted by atomic mass is 35.5. The highest BCUT2D eigenvalue weighted by molar-refractivity contribution is 6.30. The fraction of sp³-hybridized carbons (Fsp3) is 0.176. The average molecular weight is 363 g/mol. The third-order valence-electron chi connectivity index (χ3n) is 3.53. The zero-order chi connectivity index (χ0) is 18.6. The Hall–Kier alpha value is -2.93. The van der Waals surface area contributed by atoms with Gasteiger partial charge in [0.1, 0.15) is 0 Å². The van der Waals surface area contributed by atoms with Gasteiger partial charge in [-0.1, -0.05) is 23.7 Å². The van der Waals surface area contributed by atoms with Gasteiger partial charge in [-0.05, 0) is 30.7 Å². The lowest BCUT2D eigenvalue weighted by atomic mass is 10.1. The van der Waals surface area contributed by atoms with Gasteiger partial charge >= 0.3 is 5.97 Å². The first-order valence-corrected chi connectivity index (χ1v) is 7.63. The van der Waals surface area contributed by atoms with Gasteiger partial charge in [0.25, 0.3) is 11.6 Å². The van der Waals surface area contributed by atoms with E-state index in [4.69, 9.17) is 11.6 Å². The molecular formula is C17H15ClN2O5. The number of rotatable bonds is 5. The number of carbonyl (C=O) groups is 2. The van der Waals surface area contributed by atoms with Crippen LogP contribution in [0.15, 0.2) is 42.5 Å². The molecule has 0 unspecified atom stereocenters. The van der Waals surface area contributed by atoms with Gasteiger partial charge < -0.3 is 10.1 Å². The molecular weight excluding hydrogens is 348 g/mol. The first-order valence-electron chi connectivity index (χ1n) is 7.26. The molecule has 0 aromatic heterocycles. The lowest BCUT2D eigenvalue weighted by molar-refractivity contribution is -0.384. The van der Waals surface area contributed by atoms with E-state index in [2.05, 4.69) is 10.1 Å². The largest absolute Gasteiger partial charge is 0.465 e. The number of nitro benzene ring substituents is 1. The number of amides is 1. The van der Waals surface area contributed by atoms with Gasteiger partial charge in [-0.15, -0.1) is 0 Å². The smallest absolute Gasteiger partial charge is 0.338 e. The summed E-state index contributed by atoms with van der Waals surface area (Å²) in [6.07, 6.45) is 0. The van der Waals surface area contributed by atoms with E-state index in [0.717, 1.165) is 24.8 Å². The third-order valence-corrected chi connectivity index (χ3v) is 3.78. The number of halogens is 1. The molecule has 130 valence electrons. The van der Waals surface area contributed by atoms with Crippen LogP contribution in [0, 0.1) is 10.1 Å². The van der Waals surface area contributed by atoms with Gasteiger partial charge in [0.15, 0.2) is 0 Å². The predicted octanol–water partition coefficient (Wildman–Crippen LogP) is 3.53. The Morgan fingerprint density at radius 2 is 1.76 bits per heavy atom. The van der Waals surface area contributed by atoms with Crippen LogP contribution in [0.5, 0.6) is 0 Å². The lowest BCUT2D eigenvalue weighted by Crippen LogP contribution is -2.27. The summed E-state index contributed by atoms with van der Waals surface area (Å²) in [4.78, 5) is 34.4. The number of hydrogen-bond acceptors (Lipinski definition) is 5. The maximum absolute atomic E-state index is 12.4. The molecule has 0 fully saturated rings. The fourth-order valence-electron chi connectivity index (χ4n) is 2.20. The highest BCUT2D eigenvalue weighted by Gasteiger charge is 2.19. The molecule has 0 aliphatic rings. The van der Waals surface area contributed by atoms with Crippen LogP contribution in [-0.2, 0) is 4.74 Å². The van der Waals surface area contributed by atoms with E-state index in [-0.39, 0.29) is 22.9 Å². The summed E-state index contributed by atoms with van der Waals surface area (Å²) in [5.74, 6) is -1.31. The average Bonchev–Trinajstić information content (AvgIpc) is 2.60. The van der Waals surface area contributed by atoms with Crippen molar-refractivity contribution in [1.29, 1.82) is 0 Å². The minimum absolute atomic E-state index is 0.00425. The number of nitrogens with zero attached hydrogens (tertiary/aromatic N) is 1. The summed E-state index contributed by atoms with van der Waals surface area (Å²) in [7, 11) is 1.16. The number of nitro groups is 1. The molecule has 2 aromatic carbocycles. The summed E-state index contributed by atoms with van der Waals surface area (Å²) in [5, 5.41) is 14.3. The number of ether oxygens (including phenoxy) is 1. The number of esters is 1. The molecule has 0 radical (unpaired) electrons.